The number of fused-ring (bicyclic) bond motifs is 4. The van der Waals surface area contributed by atoms with Crippen LogP contribution in [0.1, 0.15) is 103 Å². The summed E-state index contributed by atoms with van der Waals surface area (Å²) in [7, 11) is 0. The van der Waals surface area contributed by atoms with Gasteiger partial charge < -0.3 is 5.32 Å². The van der Waals surface area contributed by atoms with Crippen molar-refractivity contribution >= 4 is 83.8 Å². The number of nitrogen functional groups attached to an aromatic ring is 1. The van der Waals surface area contributed by atoms with E-state index in [9.17, 15) is 19.6 Å². The Morgan fingerprint density at radius 2 is 1.78 bits per heavy atom. The first-order valence-corrected chi connectivity index (χ1v) is 30.5. The first-order chi connectivity index (χ1) is 36.8. The number of amides is 3. The number of carbonyl (C=O) groups excluding carboxylic acids is 3. The van der Waals surface area contributed by atoms with Gasteiger partial charge >= 0.3 is 352 Å². The topological polar surface area (TPSA) is 195 Å². The third kappa shape index (κ3) is 11.2. The molecule has 3 amide bonds. The SMILES string of the molecule is Cc1ncsc1-c1ccc([C@H](C)NC(=O)[C@@H]2C[C@@H](C)CN2C(=O)[C@@H](NC(=O)CCCCN2C[C@@H](C)[C@H]2[I-]Oc2nc(N3CC4CCC(C3)N4)c3cc(Cl)c(-c4ccc(F)c5sc(N)c(C#N)c45)c(F)c3n2)C(C)(C)C)cc1. The first kappa shape index (κ1) is 55.0. The smallest absolute Gasteiger partial charge is 0.0531 e. The van der Waals surface area contributed by atoms with Crippen LogP contribution in [-0.4, -0.2) is 103 Å². The van der Waals surface area contributed by atoms with E-state index in [-0.39, 0.29) is 101 Å². The zero-order valence-corrected chi connectivity index (χ0v) is 48.7. The van der Waals surface area contributed by atoms with Crippen LogP contribution < -0.4 is 51.3 Å². The maximum atomic E-state index is 17.3. The van der Waals surface area contributed by atoms with Crippen LogP contribution in [0.4, 0.5) is 19.6 Å². The Kier molecular flexibility index (Phi) is 16.0. The van der Waals surface area contributed by atoms with Crippen molar-refractivity contribution in [2.75, 3.05) is 43.4 Å². The number of nitrogens with one attached hydrogen (secondary N) is 3. The number of hydrogen-bond donors (Lipinski definition) is 4. The van der Waals surface area contributed by atoms with Crippen LogP contribution in [0.5, 0.6) is 6.01 Å². The molecule has 0 aliphatic carbocycles. The summed E-state index contributed by atoms with van der Waals surface area (Å²) in [4.78, 5) is 63.3. The summed E-state index contributed by atoms with van der Waals surface area (Å²) in [5, 5.41) is 20.7. The molecule has 0 radical (unpaired) electrons. The summed E-state index contributed by atoms with van der Waals surface area (Å²) in [6.45, 7) is 17.3. The Hall–Kier alpha value is -5.31. The van der Waals surface area contributed by atoms with Crippen molar-refractivity contribution in [3.05, 3.63) is 81.5 Å². The summed E-state index contributed by atoms with van der Waals surface area (Å²) >= 11 is 8.45. The number of nitriles is 1. The van der Waals surface area contributed by atoms with Gasteiger partial charge in [0.15, 0.2) is 0 Å². The molecule has 6 aromatic rings. The summed E-state index contributed by atoms with van der Waals surface area (Å²) < 4.78 is 39.2. The third-order valence-electron chi connectivity index (χ3n) is 15.5. The van der Waals surface area contributed by atoms with Gasteiger partial charge in [0.1, 0.15) is 0 Å². The molecular weight excluding hydrogens is 1160 g/mol. The molecule has 3 aromatic carbocycles. The molecule has 3 aromatic heterocycles. The number of carbonyl (C=O) groups is 3. The Balaban J connectivity index is 0.776. The monoisotopic (exact) mass is 1220 g/mol. The molecule has 15 nitrogen and oxygen atoms in total. The number of rotatable bonds is 16. The van der Waals surface area contributed by atoms with Crippen LogP contribution in [-0.2, 0) is 14.4 Å². The first-order valence-electron chi connectivity index (χ1n) is 26.3. The predicted octanol–water partition coefficient (Wildman–Crippen LogP) is 6.75. The van der Waals surface area contributed by atoms with Crippen molar-refractivity contribution in [2.24, 2.45) is 17.3 Å². The minimum absolute atomic E-state index is 0.0110. The average molecular weight is 1220 g/mol. The molecule has 5 N–H and O–H groups in total. The molecule has 21 heteroatoms. The van der Waals surface area contributed by atoms with Gasteiger partial charge in [-0.05, 0) is 37.3 Å². The molecule has 408 valence electrons. The Bertz CT molecular complexity index is 3280. The number of nitrogens with two attached hydrogens (primary N) is 1. The van der Waals surface area contributed by atoms with Crippen LogP contribution in [0.3, 0.4) is 0 Å². The second-order valence-electron chi connectivity index (χ2n) is 22.4. The number of anilines is 2. The number of piperazine rings is 1. The van der Waals surface area contributed by atoms with Crippen molar-refractivity contribution in [2.45, 2.75) is 121 Å². The zero-order valence-electron chi connectivity index (χ0n) is 44.2. The van der Waals surface area contributed by atoms with E-state index in [1.807, 2.05) is 71.3 Å². The molecule has 4 fully saturated rings. The normalized spacial score (nSPS) is 22.3. The van der Waals surface area contributed by atoms with Crippen LogP contribution in [0.25, 0.3) is 42.6 Å². The quantitative estimate of drug-likeness (QED) is 0.0346. The number of thiazole rings is 1. The van der Waals surface area contributed by atoms with Gasteiger partial charge in [-0.15, -0.1) is 11.3 Å². The second kappa shape index (κ2) is 22.4. The maximum Gasteiger partial charge on any atom is -0.0531 e. The number of alkyl halides is 1. The van der Waals surface area contributed by atoms with Gasteiger partial charge in [-0.1, -0.05) is 31.2 Å². The number of thiophene rings is 1. The molecular formula is C56H64ClF2IN11O4S2-. The Morgan fingerprint density at radius 1 is 1.04 bits per heavy atom. The third-order valence-corrected chi connectivity index (χ3v) is 21.0. The van der Waals surface area contributed by atoms with Gasteiger partial charge in [-0.3, -0.25) is 4.79 Å². The van der Waals surface area contributed by atoms with Crippen molar-refractivity contribution in [1.82, 2.24) is 40.7 Å². The van der Waals surface area contributed by atoms with E-state index in [1.165, 1.54) is 12.1 Å². The van der Waals surface area contributed by atoms with Crippen LogP contribution in [0, 0.1) is 47.1 Å². The molecule has 0 spiro atoms. The Morgan fingerprint density at radius 3 is 2.45 bits per heavy atom. The van der Waals surface area contributed by atoms with Gasteiger partial charge in [0, 0.05) is 0 Å². The van der Waals surface area contributed by atoms with E-state index in [4.69, 9.17) is 30.4 Å². The minimum Gasteiger partial charge on any atom is -0.0563 e. The molecule has 77 heavy (non-hydrogen) atoms. The minimum atomic E-state index is -1.04. The number of aryl methyl sites for hydroxylation is 1. The van der Waals surface area contributed by atoms with Crippen molar-refractivity contribution in [3.63, 3.8) is 0 Å². The van der Waals surface area contributed by atoms with E-state index < -0.39 is 50.8 Å². The van der Waals surface area contributed by atoms with E-state index in [0.29, 0.717) is 49.6 Å². The number of hydrogen-bond acceptors (Lipinski definition) is 14. The average Bonchev–Trinajstić information content (AvgIpc) is 4.28. The van der Waals surface area contributed by atoms with Crippen LogP contribution in [0.2, 0.25) is 5.02 Å². The van der Waals surface area contributed by atoms with Crippen LogP contribution >= 0.6 is 34.3 Å². The number of likely N-dealkylation sites (tertiary alicyclic amines) is 2. The van der Waals surface area contributed by atoms with Crippen molar-refractivity contribution < 1.29 is 47.9 Å². The van der Waals surface area contributed by atoms with Gasteiger partial charge in [0.05, 0.1) is 22.1 Å². The summed E-state index contributed by atoms with van der Waals surface area (Å²) in [6, 6.07) is 13.3. The summed E-state index contributed by atoms with van der Waals surface area (Å²) in [6.07, 6.45) is 4.15. The van der Waals surface area contributed by atoms with Crippen molar-refractivity contribution in [3.8, 4) is 33.6 Å². The van der Waals surface area contributed by atoms with Gasteiger partial charge in [-0.2, -0.15) is 0 Å². The molecule has 0 saturated carbocycles. The number of nitrogens with zero attached hydrogens (tertiary/aromatic N) is 7. The second-order valence-corrected chi connectivity index (χ2v) is 26.9. The Labute approximate surface area is 471 Å². The van der Waals surface area contributed by atoms with E-state index >= 15 is 8.78 Å². The molecule has 4 saturated heterocycles. The maximum absolute atomic E-state index is 17.3. The number of unbranched alkanes of at least 4 members (excludes halogenated alkanes) is 1. The zero-order chi connectivity index (χ0) is 54.6. The van der Waals surface area contributed by atoms with Crippen molar-refractivity contribution in [1.29, 1.82) is 5.26 Å². The number of aromatic nitrogens is 3. The van der Waals surface area contributed by atoms with Crippen LogP contribution in [0.15, 0.2) is 48.0 Å². The molecule has 2 unspecified atom stereocenters. The molecule has 8 atom stereocenters. The standard InChI is InChI=1S/C56H64ClF2IN11O4S2/c1-28-20-41(53(73)64-30(3)32-11-13-33(14-12-32)47-31(4)63-27-76-47)71(23-28)54(74)49(56(5,6)7)66-42(72)10-8-9-19-69-24-29(2)50(69)60-75-55-67-46-37(52(68-55)70-25-34-15-16-35(26-70)65-34)21-39(57)44(45(46)59)36-17-18-40(58)48-43(36)38(22-61)51(62)77-48/h11-14,17-18,21,27-30,34-35,41,49-50,65H,8-10,15-16,19-20,23-26,62H2,1-7H3,(H,64,73)(H,66,72)/q-1/t28-,29-,30+,34?,35?,41+,49-,50+/m1/s1. The molecule has 4 aliphatic heterocycles. The molecule has 7 heterocycles. The van der Waals surface area contributed by atoms with Gasteiger partial charge in [-0.25, -0.2) is 4.98 Å². The molecule has 2 bridgehead atoms. The summed E-state index contributed by atoms with van der Waals surface area (Å²) in [5.41, 5.74) is 10.7. The predicted molar refractivity (Wildman–Crippen MR) is 295 cm³/mol. The largest absolute Gasteiger partial charge is 0.0563 e. The molecule has 4 aliphatic rings. The van der Waals surface area contributed by atoms with Gasteiger partial charge in [0.2, 0.25) is 5.91 Å². The summed E-state index contributed by atoms with van der Waals surface area (Å²) in [5.74, 6) is -1.01. The fourth-order valence-corrected chi connectivity index (χ4v) is 15.8. The van der Waals surface area contributed by atoms with E-state index in [1.54, 1.807) is 22.3 Å². The van der Waals surface area contributed by atoms with E-state index in [0.717, 1.165) is 65.4 Å². The number of halogens is 4. The fraction of sp³-hybridized carbons (Fsp3) is 0.482. The fourth-order valence-electron chi connectivity index (χ4n) is 11.5. The van der Waals surface area contributed by atoms with Gasteiger partial charge in [0.25, 0.3) is 0 Å². The molecule has 10 rings (SSSR count). The van der Waals surface area contributed by atoms with E-state index in [2.05, 4.69) is 43.7 Å². The number of benzene rings is 3.